The van der Waals surface area contributed by atoms with Crippen LogP contribution in [0.25, 0.3) is 10.4 Å². The number of aromatic nitrogens is 1. The second kappa shape index (κ2) is 6.42. The van der Waals surface area contributed by atoms with Crippen molar-refractivity contribution in [2.24, 2.45) is 0 Å². The number of hydrogen-bond donors (Lipinski definition) is 0. The number of nitrogens with zero attached hydrogens (tertiary/aromatic N) is 1. The molecular formula is C17H12BrNO2S. The number of hydrogen-bond acceptors (Lipinski definition) is 4. The lowest BCUT2D eigenvalue weighted by molar-refractivity contribution is 0.0730. The van der Waals surface area contributed by atoms with Crippen LogP contribution in [0.5, 0.6) is 5.75 Å². The first-order valence-corrected chi connectivity index (χ1v) is 8.25. The van der Waals surface area contributed by atoms with Crippen molar-refractivity contribution in [3.8, 4) is 16.2 Å². The zero-order valence-electron chi connectivity index (χ0n) is 11.7. The molecule has 1 aromatic heterocycles. The molecule has 0 N–H and O–H groups in total. The zero-order valence-corrected chi connectivity index (χ0v) is 14.1. The van der Waals surface area contributed by atoms with E-state index < -0.39 is 5.97 Å². The monoisotopic (exact) mass is 373 g/mol. The summed E-state index contributed by atoms with van der Waals surface area (Å²) in [7, 11) is 0. The van der Waals surface area contributed by atoms with E-state index in [0.29, 0.717) is 11.4 Å². The van der Waals surface area contributed by atoms with Crippen LogP contribution < -0.4 is 4.74 Å². The smallest absolute Gasteiger partial charge is 0.363 e. The van der Waals surface area contributed by atoms with Gasteiger partial charge in [-0.15, -0.1) is 11.3 Å². The molecule has 0 bridgehead atoms. The normalized spacial score (nSPS) is 10.5. The van der Waals surface area contributed by atoms with Crippen LogP contribution in [-0.2, 0) is 0 Å². The fraction of sp³-hybridized carbons (Fsp3) is 0.0588. The number of thiazole rings is 1. The molecule has 0 saturated heterocycles. The van der Waals surface area contributed by atoms with Gasteiger partial charge in [0.25, 0.3) is 0 Å². The maximum absolute atomic E-state index is 12.4. The predicted octanol–water partition coefficient (Wildman–Crippen LogP) is 5.10. The van der Waals surface area contributed by atoms with Crippen LogP contribution in [0.15, 0.2) is 59.1 Å². The Hall–Kier alpha value is -1.98. The molecule has 3 aromatic rings. The van der Waals surface area contributed by atoms with Gasteiger partial charge < -0.3 is 4.74 Å². The van der Waals surface area contributed by atoms with Crippen molar-refractivity contribution in [2.45, 2.75) is 6.92 Å². The summed E-state index contributed by atoms with van der Waals surface area (Å²) in [5, 5.41) is 0.833. The fourth-order valence-electron chi connectivity index (χ4n) is 2.04. The van der Waals surface area contributed by atoms with Crippen molar-refractivity contribution >= 4 is 33.2 Å². The number of esters is 1. The summed E-state index contributed by atoms with van der Waals surface area (Å²) >= 11 is 4.85. The molecular weight excluding hydrogens is 362 g/mol. The molecule has 3 nitrogen and oxygen atoms in total. The van der Waals surface area contributed by atoms with Gasteiger partial charge in [-0.05, 0) is 30.7 Å². The van der Waals surface area contributed by atoms with Gasteiger partial charge in [-0.3, -0.25) is 0 Å². The lowest BCUT2D eigenvalue weighted by Gasteiger charge is -2.05. The molecule has 0 unspecified atom stereocenters. The molecule has 110 valence electrons. The Kier molecular flexibility index (Phi) is 4.36. The van der Waals surface area contributed by atoms with E-state index in [1.165, 1.54) is 11.3 Å². The maximum Gasteiger partial charge on any atom is 0.363 e. The number of aryl methyl sites for hydroxylation is 1. The zero-order chi connectivity index (χ0) is 15.5. The minimum Gasteiger partial charge on any atom is -0.422 e. The number of ether oxygens (including phenoxy) is 1. The molecule has 2 aromatic carbocycles. The molecule has 0 radical (unpaired) electrons. The number of carbonyl (C=O) groups is 1. The third-order valence-corrected chi connectivity index (χ3v) is 4.48. The second-order valence-corrected chi connectivity index (χ2v) is 6.74. The summed E-state index contributed by atoms with van der Waals surface area (Å²) < 4.78 is 6.29. The van der Waals surface area contributed by atoms with Crippen LogP contribution in [0, 0.1) is 6.92 Å². The Morgan fingerprint density at radius 1 is 1.14 bits per heavy atom. The van der Waals surface area contributed by atoms with Gasteiger partial charge in [-0.2, -0.15) is 0 Å². The standard InChI is InChI=1S/C17H12BrNO2S/c1-11-19-15(16(22-11)12-6-3-2-4-7-12)17(20)21-14-9-5-8-13(18)10-14/h2-10H,1H3. The Morgan fingerprint density at radius 2 is 1.91 bits per heavy atom. The second-order valence-electron chi connectivity index (χ2n) is 4.62. The molecule has 3 rings (SSSR count). The van der Waals surface area contributed by atoms with Crippen molar-refractivity contribution in [3.05, 3.63) is 69.8 Å². The number of halogens is 1. The molecule has 0 aliphatic heterocycles. The van der Waals surface area contributed by atoms with Gasteiger partial charge in [0, 0.05) is 4.47 Å². The molecule has 1 heterocycles. The number of carbonyl (C=O) groups excluding carboxylic acids is 1. The van der Waals surface area contributed by atoms with Crippen molar-refractivity contribution in [3.63, 3.8) is 0 Å². The summed E-state index contributed by atoms with van der Waals surface area (Å²) in [6.07, 6.45) is 0. The summed E-state index contributed by atoms with van der Waals surface area (Å²) in [5.74, 6) is 0.0466. The average molecular weight is 374 g/mol. The topological polar surface area (TPSA) is 39.2 Å². The first kappa shape index (κ1) is 14.9. The minimum atomic E-state index is -0.443. The van der Waals surface area contributed by atoms with E-state index in [1.54, 1.807) is 12.1 Å². The summed E-state index contributed by atoms with van der Waals surface area (Å²) in [5.41, 5.74) is 1.32. The lowest BCUT2D eigenvalue weighted by Crippen LogP contribution is -2.10. The van der Waals surface area contributed by atoms with E-state index in [4.69, 9.17) is 4.74 Å². The largest absolute Gasteiger partial charge is 0.422 e. The third-order valence-electron chi connectivity index (χ3n) is 2.97. The quantitative estimate of drug-likeness (QED) is 0.473. The highest BCUT2D eigenvalue weighted by atomic mass is 79.9. The van der Waals surface area contributed by atoms with Crippen molar-refractivity contribution in [1.82, 2.24) is 4.98 Å². The van der Waals surface area contributed by atoms with Gasteiger partial charge in [-0.1, -0.05) is 52.3 Å². The van der Waals surface area contributed by atoms with E-state index in [-0.39, 0.29) is 0 Å². The van der Waals surface area contributed by atoms with Gasteiger partial charge in [0.05, 0.1) is 9.88 Å². The van der Waals surface area contributed by atoms with Crippen LogP contribution in [-0.4, -0.2) is 11.0 Å². The minimum absolute atomic E-state index is 0.355. The van der Waals surface area contributed by atoms with Gasteiger partial charge in [0.1, 0.15) is 5.75 Å². The van der Waals surface area contributed by atoms with E-state index in [2.05, 4.69) is 20.9 Å². The van der Waals surface area contributed by atoms with Crippen LogP contribution in [0.2, 0.25) is 0 Å². The lowest BCUT2D eigenvalue weighted by atomic mass is 10.1. The molecule has 0 aliphatic rings. The van der Waals surface area contributed by atoms with Crippen LogP contribution >= 0.6 is 27.3 Å². The van der Waals surface area contributed by atoms with Crippen molar-refractivity contribution in [2.75, 3.05) is 0 Å². The number of rotatable bonds is 3. The molecule has 0 spiro atoms. The summed E-state index contributed by atoms with van der Waals surface area (Å²) in [6, 6.07) is 16.9. The van der Waals surface area contributed by atoms with Gasteiger partial charge >= 0.3 is 5.97 Å². The fourth-order valence-corrected chi connectivity index (χ4v) is 3.33. The van der Waals surface area contributed by atoms with E-state index in [0.717, 1.165) is 19.9 Å². The van der Waals surface area contributed by atoms with Crippen molar-refractivity contribution in [1.29, 1.82) is 0 Å². The third kappa shape index (κ3) is 3.26. The van der Waals surface area contributed by atoms with Gasteiger partial charge in [-0.25, -0.2) is 9.78 Å². The van der Waals surface area contributed by atoms with Crippen molar-refractivity contribution < 1.29 is 9.53 Å². The molecule has 0 fully saturated rings. The Labute approximate surface area is 140 Å². The van der Waals surface area contributed by atoms with Gasteiger partial charge in [0.15, 0.2) is 5.69 Å². The first-order chi connectivity index (χ1) is 10.6. The van der Waals surface area contributed by atoms with E-state index in [9.17, 15) is 4.79 Å². The molecule has 0 saturated carbocycles. The summed E-state index contributed by atoms with van der Waals surface area (Å²) in [4.78, 5) is 17.6. The molecule has 22 heavy (non-hydrogen) atoms. The van der Waals surface area contributed by atoms with Gasteiger partial charge in [0.2, 0.25) is 0 Å². The number of benzene rings is 2. The van der Waals surface area contributed by atoms with Crippen LogP contribution in [0.1, 0.15) is 15.5 Å². The Bertz CT molecular complexity index is 815. The molecule has 5 heteroatoms. The average Bonchev–Trinajstić information content (AvgIpc) is 2.90. The van der Waals surface area contributed by atoms with E-state index >= 15 is 0 Å². The van der Waals surface area contributed by atoms with Crippen LogP contribution in [0.4, 0.5) is 0 Å². The Balaban J connectivity index is 1.93. The first-order valence-electron chi connectivity index (χ1n) is 6.64. The molecule has 0 aliphatic carbocycles. The van der Waals surface area contributed by atoms with Crippen LogP contribution in [0.3, 0.4) is 0 Å². The molecule has 0 atom stereocenters. The predicted molar refractivity (Wildman–Crippen MR) is 91.4 cm³/mol. The maximum atomic E-state index is 12.4. The highest BCUT2D eigenvalue weighted by Crippen LogP contribution is 2.31. The highest BCUT2D eigenvalue weighted by Gasteiger charge is 2.20. The SMILES string of the molecule is Cc1nc(C(=O)Oc2cccc(Br)c2)c(-c2ccccc2)s1. The Morgan fingerprint density at radius 3 is 2.64 bits per heavy atom. The summed E-state index contributed by atoms with van der Waals surface area (Å²) in [6.45, 7) is 1.88. The molecule has 0 amide bonds. The highest BCUT2D eigenvalue weighted by molar-refractivity contribution is 9.10. The van der Waals surface area contributed by atoms with E-state index in [1.807, 2.05) is 49.4 Å².